The minimum atomic E-state index is -9.04. The van der Waals surface area contributed by atoms with E-state index in [9.17, 15) is 164 Å². The van der Waals surface area contributed by atoms with Gasteiger partial charge >= 0.3 is 137 Å². The number of alkyl halides is 34. The summed E-state index contributed by atoms with van der Waals surface area (Å²) in [5.41, 5.74) is 0. The molecule has 0 bridgehead atoms. The van der Waals surface area contributed by atoms with Crippen LogP contribution < -0.4 is 34.8 Å². The molecule has 67 heavy (non-hydrogen) atoms. The molecule has 7 nitrogen and oxygen atoms in total. The van der Waals surface area contributed by atoms with Crippen LogP contribution in [-0.4, -0.2) is 126 Å². The average Bonchev–Trinajstić information content (AvgIpc) is 3.10. The smallest absolute Gasteiger partial charge is 0.691 e. The Labute approximate surface area is 369 Å². The summed E-state index contributed by atoms with van der Waals surface area (Å²) in [7, 11) is 0. The van der Waals surface area contributed by atoms with Crippen molar-refractivity contribution < 1.29 is 213 Å². The Balaban J connectivity index is 0. The number of hydrogen-bond donors (Lipinski definition) is 0. The third kappa shape index (κ3) is 10.9. The molecule has 0 aliphatic carbocycles. The minimum absolute atomic E-state index is 0. The third-order valence-corrected chi connectivity index (χ3v) is 8.44. The van der Waals surface area contributed by atoms with Crippen molar-refractivity contribution in [3.8, 4) is 0 Å². The van der Waals surface area contributed by atoms with Crippen molar-refractivity contribution in [2.45, 2.75) is 120 Å². The number of carbonyl (C=O) groups excluding carboxylic acids is 2. The van der Waals surface area contributed by atoms with Crippen LogP contribution in [0.5, 0.6) is 0 Å². The molecular weight excluding hydrogens is 1100 g/mol. The second-order valence-corrected chi connectivity index (χ2v) is 13.0. The molecule has 0 rings (SSSR count). The first-order valence-corrected chi connectivity index (χ1v) is 15.6. The van der Waals surface area contributed by atoms with Crippen LogP contribution in [0.15, 0.2) is 0 Å². The molecule has 1 atom stereocenters. The molecule has 0 spiro atoms. The van der Waals surface area contributed by atoms with Crippen LogP contribution in [0.4, 0.5) is 149 Å². The van der Waals surface area contributed by atoms with Gasteiger partial charge in [0, 0.05) is 12.0 Å². The number of carbonyl (C=O) groups is 2. The summed E-state index contributed by atoms with van der Waals surface area (Å²) in [5.74, 6) is -125. The third-order valence-electron chi connectivity index (χ3n) is 7.71. The Morgan fingerprint density at radius 3 is 0.881 bits per heavy atom. The Bertz CT molecular complexity index is 1700. The van der Waals surface area contributed by atoms with Gasteiger partial charge < -0.3 is 14.7 Å². The molecule has 0 aliphatic heterocycles. The maximum atomic E-state index is 14.0. The molecule has 43 heteroatoms. The fourth-order valence-electron chi connectivity index (χ4n) is 3.80. The van der Waals surface area contributed by atoms with Gasteiger partial charge in [-0.3, -0.25) is 14.6 Å². The van der Waals surface area contributed by atoms with Gasteiger partial charge in [0.05, 0.1) is 32.5 Å². The van der Waals surface area contributed by atoms with Crippen LogP contribution in [-0.2, 0) is 28.4 Å². The maximum absolute atomic E-state index is 14.0. The zero-order valence-corrected chi connectivity index (χ0v) is 33.0. The molecule has 0 amide bonds. The summed E-state index contributed by atoms with van der Waals surface area (Å²) in [6.07, 6.45) is -25.4. The maximum Gasteiger partial charge on any atom is 1.00 e. The molecule has 394 valence electrons. The average molecular weight is 1110 g/mol. The summed E-state index contributed by atoms with van der Waals surface area (Å²) >= 11 is -1.07. The molecular formula is C24H11F34NaO7S. The van der Waals surface area contributed by atoms with E-state index >= 15 is 0 Å². The van der Waals surface area contributed by atoms with E-state index in [1.807, 2.05) is 0 Å². The van der Waals surface area contributed by atoms with Gasteiger partial charge in [0.1, 0.15) is 5.25 Å². The number of hydrogen-bond acceptors (Lipinski definition) is 8. The molecule has 0 heterocycles. The molecule has 0 aliphatic rings. The largest absolute Gasteiger partial charge is 1.00 e. The second kappa shape index (κ2) is 19.8. The van der Waals surface area contributed by atoms with Crippen molar-refractivity contribution in [1.82, 2.24) is 0 Å². The fraction of sp³-hybridized carbons (Fsp3) is 0.917. The van der Waals surface area contributed by atoms with Gasteiger partial charge in [-0.05, 0) is 0 Å². The van der Waals surface area contributed by atoms with Gasteiger partial charge in [0.25, 0.3) is 0 Å². The van der Waals surface area contributed by atoms with Crippen molar-refractivity contribution in [1.29, 1.82) is 0 Å². The van der Waals surface area contributed by atoms with Gasteiger partial charge in [-0.2, -0.15) is 154 Å². The molecule has 1 unspecified atom stereocenters. The quantitative estimate of drug-likeness (QED) is 0.0245. The second-order valence-electron chi connectivity index (χ2n) is 12.1. The van der Waals surface area contributed by atoms with E-state index in [4.69, 9.17) is 0 Å². The van der Waals surface area contributed by atoms with Crippen molar-refractivity contribution in [3.05, 3.63) is 0 Å². The van der Waals surface area contributed by atoms with Gasteiger partial charge in [0.15, 0.2) is 0 Å². The topological polar surface area (TPSA) is 94.1 Å². The van der Waals surface area contributed by atoms with Crippen LogP contribution in [0.25, 0.3) is 0 Å². The van der Waals surface area contributed by atoms with Crippen LogP contribution in [0.3, 0.4) is 0 Å². The van der Waals surface area contributed by atoms with Crippen LogP contribution in [0, 0.1) is 0 Å². The zero-order chi connectivity index (χ0) is 53.8. The summed E-state index contributed by atoms with van der Waals surface area (Å²) in [5, 5.41) is 9.46. The standard InChI is InChI=1S/C24H12F34O7S.Na/c25-9(26,11(29,30)13(33,34)15(37,38)17(41,42)19(45,46)21(49,50)23(53,54)55)1-3-62-7(59)5-6(66-65-64-61)8(60)63-4-2-10(27,28)12(31,32)14(35,36)16(39,40)18(43,44)20(47,48)22(51,52)24(56,57)58;/h6,61H,1-5H2;/q;+1/p-1. The van der Waals surface area contributed by atoms with Crippen LogP contribution in [0.1, 0.15) is 19.3 Å². The SMILES string of the molecule is O=C(CC(SOO[O-])C(=O)OCCC(F)(F)C(F)(F)C(F)(F)C(F)(F)C(F)(F)C(F)(F)C(F)(F)C(F)(F)F)OCCC(F)(F)C(F)(F)C(F)(F)C(F)(F)C(F)(F)C(F)(F)C(F)(F)C(F)(F)F.[Na+]. The van der Waals surface area contributed by atoms with Crippen molar-refractivity contribution in [3.63, 3.8) is 0 Å². The van der Waals surface area contributed by atoms with Gasteiger partial charge in [0.2, 0.25) is 0 Å². The van der Waals surface area contributed by atoms with Crippen molar-refractivity contribution >= 4 is 24.0 Å². The first-order chi connectivity index (χ1) is 28.4. The number of halogens is 34. The Morgan fingerprint density at radius 1 is 0.388 bits per heavy atom. The van der Waals surface area contributed by atoms with E-state index in [-0.39, 0.29) is 29.6 Å². The molecule has 0 radical (unpaired) electrons. The van der Waals surface area contributed by atoms with E-state index < -0.39 is 157 Å². The van der Waals surface area contributed by atoms with Gasteiger partial charge in [-0.15, -0.1) is 0 Å². The Morgan fingerprint density at radius 2 is 0.627 bits per heavy atom. The number of esters is 2. The van der Waals surface area contributed by atoms with E-state index in [0.717, 1.165) is 0 Å². The van der Waals surface area contributed by atoms with Crippen LogP contribution in [0.2, 0.25) is 0 Å². The molecule has 0 aromatic carbocycles. The summed E-state index contributed by atoms with van der Waals surface area (Å²) in [4.78, 5) is 23.8. The molecule has 0 aromatic rings. The fourth-order valence-corrected chi connectivity index (χ4v) is 4.28. The first kappa shape index (κ1) is 66.9. The van der Waals surface area contributed by atoms with Crippen molar-refractivity contribution in [2.75, 3.05) is 13.2 Å². The first-order valence-electron chi connectivity index (χ1n) is 14.8. The predicted molar refractivity (Wildman–Crippen MR) is 131 cm³/mol. The van der Waals surface area contributed by atoms with Crippen LogP contribution >= 0.6 is 12.0 Å². The predicted octanol–water partition coefficient (Wildman–Crippen LogP) is 7.51. The van der Waals surface area contributed by atoms with E-state index in [1.54, 1.807) is 0 Å². The monoisotopic (exact) mass is 1110 g/mol. The minimum Gasteiger partial charge on any atom is -0.691 e. The Hall–Kier alpha value is -2.21. The van der Waals surface area contributed by atoms with Gasteiger partial charge in [-0.25, -0.2) is 0 Å². The van der Waals surface area contributed by atoms with Gasteiger partial charge in [-0.1, -0.05) is 0 Å². The zero-order valence-electron chi connectivity index (χ0n) is 30.2. The number of rotatable bonds is 24. The Kier molecular flexibility index (Phi) is 19.7. The number of ether oxygens (including phenoxy) is 2. The summed E-state index contributed by atoms with van der Waals surface area (Å²) < 4.78 is 465. The summed E-state index contributed by atoms with van der Waals surface area (Å²) in [6.45, 7) is -5.53. The summed E-state index contributed by atoms with van der Waals surface area (Å²) in [6, 6.07) is 0. The van der Waals surface area contributed by atoms with E-state index in [2.05, 4.69) is 18.8 Å². The van der Waals surface area contributed by atoms with E-state index in [1.165, 1.54) is 0 Å². The molecule has 0 N–H and O–H groups in total. The molecule has 0 saturated heterocycles. The van der Waals surface area contributed by atoms with E-state index in [0.29, 0.717) is 0 Å². The normalized spacial score (nSPS) is 16.1. The molecule has 0 fully saturated rings. The molecule has 0 aromatic heterocycles. The van der Waals surface area contributed by atoms with Crippen molar-refractivity contribution in [2.24, 2.45) is 0 Å². The molecule has 0 saturated carbocycles.